The van der Waals surface area contributed by atoms with Gasteiger partial charge >= 0.3 is 0 Å². The summed E-state index contributed by atoms with van der Waals surface area (Å²) in [6.45, 7) is 6.63. The van der Waals surface area contributed by atoms with Gasteiger partial charge in [-0.15, -0.1) is 11.8 Å². The van der Waals surface area contributed by atoms with Crippen molar-refractivity contribution in [3.8, 4) is 0 Å². The van der Waals surface area contributed by atoms with Crippen LogP contribution in [0.2, 0.25) is 0 Å². The van der Waals surface area contributed by atoms with Crippen molar-refractivity contribution in [1.29, 1.82) is 0 Å². The third-order valence-corrected chi connectivity index (χ3v) is 4.23. The van der Waals surface area contributed by atoms with Crippen molar-refractivity contribution in [2.45, 2.75) is 49.3 Å². The Morgan fingerprint density at radius 3 is 2.80 bits per heavy atom. The Morgan fingerprint density at radius 1 is 1.55 bits per heavy atom. The van der Waals surface area contributed by atoms with Gasteiger partial charge in [-0.25, -0.2) is 4.39 Å². The van der Waals surface area contributed by atoms with Crippen molar-refractivity contribution in [2.75, 3.05) is 6.54 Å². The van der Waals surface area contributed by atoms with E-state index in [4.69, 9.17) is 5.73 Å². The molecular weight excluding hydrogens is 275 g/mol. The number of nitrogens with two attached hydrogens (primary N) is 1. The van der Waals surface area contributed by atoms with Crippen molar-refractivity contribution in [2.24, 2.45) is 5.73 Å². The minimum Gasteiger partial charge on any atom is -0.368 e. The molecule has 3 N–H and O–H groups in total. The van der Waals surface area contributed by atoms with Gasteiger partial charge in [-0.1, -0.05) is 19.9 Å². The highest BCUT2D eigenvalue weighted by atomic mass is 32.2. The summed E-state index contributed by atoms with van der Waals surface area (Å²) in [4.78, 5) is 12.5. The van der Waals surface area contributed by atoms with E-state index in [1.54, 1.807) is 17.8 Å². The number of rotatable bonds is 8. The minimum absolute atomic E-state index is 0.152. The monoisotopic (exact) mass is 298 g/mol. The van der Waals surface area contributed by atoms with Crippen LogP contribution in [0.1, 0.15) is 33.6 Å². The smallest absolute Gasteiger partial charge is 0.237 e. The zero-order valence-corrected chi connectivity index (χ0v) is 13.1. The highest BCUT2D eigenvalue weighted by Gasteiger charge is 2.32. The molecule has 0 aliphatic heterocycles. The summed E-state index contributed by atoms with van der Waals surface area (Å²) >= 11 is 1.55. The molecule has 2 unspecified atom stereocenters. The third kappa shape index (κ3) is 5.13. The SMILES string of the molecule is CCCNC(C)(CC(C)Sc1cccc(F)c1)C(N)=O. The van der Waals surface area contributed by atoms with Crippen molar-refractivity contribution in [3.63, 3.8) is 0 Å². The van der Waals surface area contributed by atoms with Gasteiger partial charge in [0, 0.05) is 10.1 Å². The first kappa shape index (κ1) is 17.0. The number of amides is 1. The fourth-order valence-corrected chi connectivity index (χ4v) is 3.27. The van der Waals surface area contributed by atoms with Gasteiger partial charge in [-0.05, 0) is 44.5 Å². The Morgan fingerprint density at radius 2 is 2.25 bits per heavy atom. The molecule has 5 heteroatoms. The number of carbonyl (C=O) groups excluding carboxylic acids is 1. The third-order valence-electron chi connectivity index (χ3n) is 3.14. The fourth-order valence-electron chi connectivity index (χ4n) is 2.05. The molecule has 2 atom stereocenters. The summed E-state index contributed by atoms with van der Waals surface area (Å²) in [6, 6.07) is 6.48. The lowest BCUT2D eigenvalue weighted by Gasteiger charge is -2.30. The highest BCUT2D eigenvalue weighted by molar-refractivity contribution is 7.99. The summed E-state index contributed by atoms with van der Waals surface area (Å²) in [7, 11) is 0. The van der Waals surface area contributed by atoms with E-state index in [0.29, 0.717) is 6.42 Å². The number of hydrogen-bond donors (Lipinski definition) is 2. The van der Waals surface area contributed by atoms with Gasteiger partial charge in [0.05, 0.1) is 5.54 Å². The van der Waals surface area contributed by atoms with Gasteiger partial charge in [-0.3, -0.25) is 4.79 Å². The molecule has 3 nitrogen and oxygen atoms in total. The van der Waals surface area contributed by atoms with E-state index in [-0.39, 0.29) is 17.0 Å². The number of nitrogens with one attached hydrogen (secondary N) is 1. The Bertz CT molecular complexity index is 455. The minimum atomic E-state index is -0.726. The van der Waals surface area contributed by atoms with Crippen molar-refractivity contribution in [3.05, 3.63) is 30.1 Å². The predicted octanol–water partition coefficient (Wildman–Crippen LogP) is 2.94. The topological polar surface area (TPSA) is 55.1 Å². The number of primary amides is 1. The number of halogens is 1. The van der Waals surface area contributed by atoms with Crippen LogP contribution in [0.25, 0.3) is 0 Å². The first-order valence-corrected chi connectivity index (χ1v) is 7.72. The Balaban J connectivity index is 2.66. The number of carbonyl (C=O) groups is 1. The second-order valence-electron chi connectivity index (χ2n) is 5.21. The average molecular weight is 298 g/mol. The molecule has 0 saturated heterocycles. The molecule has 0 fully saturated rings. The molecule has 1 amide bonds. The normalized spacial score (nSPS) is 15.6. The maximum atomic E-state index is 13.2. The van der Waals surface area contributed by atoms with Gasteiger partial charge in [0.2, 0.25) is 5.91 Å². The molecule has 112 valence electrons. The summed E-state index contributed by atoms with van der Waals surface area (Å²) in [6.07, 6.45) is 1.54. The quantitative estimate of drug-likeness (QED) is 0.726. The van der Waals surface area contributed by atoms with E-state index < -0.39 is 5.54 Å². The molecule has 0 spiro atoms. The summed E-state index contributed by atoms with van der Waals surface area (Å²) in [5.41, 5.74) is 4.78. The zero-order valence-electron chi connectivity index (χ0n) is 12.3. The summed E-state index contributed by atoms with van der Waals surface area (Å²) in [5.74, 6) is -0.596. The van der Waals surface area contributed by atoms with Crippen LogP contribution < -0.4 is 11.1 Å². The van der Waals surface area contributed by atoms with E-state index >= 15 is 0 Å². The van der Waals surface area contributed by atoms with E-state index in [1.165, 1.54) is 12.1 Å². The molecule has 20 heavy (non-hydrogen) atoms. The maximum Gasteiger partial charge on any atom is 0.237 e. The standard InChI is InChI=1S/C15H23FN2OS/c1-4-8-18-15(3,14(17)19)10-11(2)20-13-7-5-6-12(16)9-13/h5-7,9,11,18H,4,8,10H2,1-3H3,(H2,17,19). The van der Waals surface area contributed by atoms with Crippen molar-refractivity contribution >= 4 is 17.7 Å². The van der Waals surface area contributed by atoms with E-state index in [2.05, 4.69) is 5.32 Å². The second-order valence-corrected chi connectivity index (χ2v) is 6.72. The lowest BCUT2D eigenvalue weighted by atomic mass is 9.95. The molecule has 1 rings (SSSR count). The molecular formula is C15H23FN2OS. The predicted molar refractivity (Wildman–Crippen MR) is 82.2 cm³/mol. The molecule has 0 radical (unpaired) electrons. The van der Waals surface area contributed by atoms with Crippen molar-refractivity contribution < 1.29 is 9.18 Å². The van der Waals surface area contributed by atoms with E-state index in [1.807, 2.05) is 26.8 Å². The highest BCUT2D eigenvalue weighted by Crippen LogP contribution is 2.29. The number of hydrogen-bond acceptors (Lipinski definition) is 3. The van der Waals surface area contributed by atoms with Crippen LogP contribution in [-0.4, -0.2) is 23.2 Å². The van der Waals surface area contributed by atoms with Gasteiger partial charge in [0.1, 0.15) is 5.82 Å². The zero-order chi connectivity index (χ0) is 15.2. The molecule has 0 saturated carbocycles. The van der Waals surface area contributed by atoms with Crippen LogP contribution >= 0.6 is 11.8 Å². The van der Waals surface area contributed by atoms with Gasteiger partial charge in [0.25, 0.3) is 0 Å². The molecule has 0 heterocycles. The Labute approximate surface area is 124 Å². The van der Waals surface area contributed by atoms with E-state index in [9.17, 15) is 9.18 Å². The molecule has 0 aromatic heterocycles. The van der Waals surface area contributed by atoms with Crippen LogP contribution in [0.15, 0.2) is 29.2 Å². The Hall–Kier alpha value is -1.07. The van der Waals surface area contributed by atoms with Crippen LogP contribution in [0.4, 0.5) is 4.39 Å². The first-order chi connectivity index (χ1) is 9.37. The molecule has 1 aromatic rings. The van der Waals surface area contributed by atoms with E-state index in [0.717, 1.165) is 17.9 Å². The second kappa shape index (κ2) is 7.64. The van der Waals surface area contributed by atoms with Gasteiger partial charge in [0.15, 0.2) is 0 Å². The Kier molecular flexibility index (Phi) is 6.49. The van der Waals surface area contributed by atoms with Crippen LogP contribution in [-0.2, 0) is 4.79 Å². The fraction of sp³-hybridized carbons (Fsp3) is 0.533. The number of benzene rings is 1. The van der Waals surface area contributed by atoms with Crippen molar-refractivity contribution in [1.82, 2.24) is 5.32 Å². The summed E-state index contributed by atoms with van der Waals surface area (Å²) in [5, 5.41) is 3.36. The molecule has 0 aliphatic carbocycles. The van der Waals surface area contributed by atoms with Gasteiger partial charge < -0.3 is 11.1 Å². The molecule has 0 bridgehead atoms. The molecule has 1 aromatic carbocycles. The average Bonchev–Trinajstić information content (AvgIpc) is 2.36. The van der Waals surface area contributed by atoms with Crippen LogP contribution in [0.5, 0.6) is 0 Å². The lowest BCUT2D eigenvalue weighted by molar-refractivity contribution is -0.124. The number of thioether (sulfide) groups is 1. The largest absolute Gasteiger partial charge is 0.368 e. The maximum absolute atomic E-state index is 13.2. The van der Waals surface area contributed by atoms with Crippen LogP contribution in [0.3, 0.4) is 0 Å². The van der Waals surface area contributed by atoms with Gasteiger partial charge in [-0.2, -0.15) is 0 Å². The first-order valence-electron chi connectivity index (χ1n) is 6.84. The summed E-state index contributed by atoms with van der Waals surface area (Å²) < 4.78 is 13.2. The van der Waals surface area contributed by atoms with Crippen LogP contribution in [0, 0.1) is 5.82 Å². The molecule has 0 aliphatic rings. The lowest BCUT2D eigenvalue weighted by Crippen LogP contribution is -2.54.